The molecule has 10 N–H and O–H groups in total. The molecule has 1 aromatic rings. The first kappa shape index (κ1) is 47.7. The van der Waals surface area contributed by atoms with Crippen LogP contribution in [0.25, 0.3) is 6.08 Å². The average molecular weight is 879 g/mol. The molecule has 0 radical (unpaired) electrons. The van der Waals surface area contributed by atoms with Gasteiger partial charge in [-0.2, -0.15) is 20.4 Å². The highest BCUT2D eigenvalue weighted by Gasteiger charge is 2.43. The van der Waals surface area contributed by atoms with Gasteiger partial charge in [-0.15, -0.1) is 0 Å². The van der Waals surface area contributed by atoms with E-state index in [9.17, 15) is 52.6 Å². The van der Waals surface area contributed by atoms with Crippen molar-refractivity contribution in [1.82, 2.24) is 30.8 Å². The van der Waals surface area contributed by atoms with Gasteiger partial charge in [-0.3, -0.25) is 28.5 Å². The smallest absolute Gasteiger partial charge is 0.391 e. The van der Waals surface area contributed by atoms with Gasteiger partial charge in [0.2, 0.25) is 11.8 Å². The number of rotatable bonds is 26. The van der Waals surface area contributed by atoms with Gasteiger partial charge in [0.25, 0.3) is 5.56 Å². The number of carbonyl (C=O) groups is 3. The van der Waals surface area contributed by atoms with Gasteiger partial charge >= 0.3 is 35.2 Å². The van der Waals surface area contributed by atoms with Crippen molar-refractivity contribution < 1.29 is 70.6 Å². The van der Waals surface area contributed by atoms with Crippen molar-refractivity contribution in [2.75, 3.05) is 39.2 Å². The van der Waals surface area contributed by atoms with Gasteiger partial charge in [0, 0.05) is 50.2 Å². The van der Waals surface area contributed by atoms with Crippen molar-refractivity contribution in [3.05, 3.63) is 38.7 Å². The number of thioether (sulfide) groups is 1. The summed E-state index contributed by atoms with van der Waals surface area (Å²) < 4.78 is 52.0. The fourth-order valence-electron chi connectivity index (χ4n) is 5.84. The molecule has 1 aromatic heterocycles. The van der Waals surface area contributed by atoms with Gasteiger partial charge in [-0.25, -0.2) is 23.3 Å². The molecule has 3 rings (SSSR count). The number of fused-ring (bicyclic) bond motifs is 1. The molecule has 27 heteroatoms. The normalized spacial score (nSPS) is 21.4. The van der Waals surface area contributed by atoms with Crippen molar-refractivity contribution in [3.8, 4) is 0 Å². The largest absolute Gasteiger partial charge is 0.490 e. The highest BCUT2D eigenvalue weighted by molar-refractivity contribution is 8.00. The van der Waals surface area contributed by atoms with Crippen LogP contribution in [0.15, 0.2) is 21.9 Å². The molecule has 0 aliphatic carbocycles. The van der Waals surface area contributed by atoms with Crippen molar-refractivity contribution in [2.24, 2.45) is 0 Å². The number of aromatic amines is 1. The van der Waals surface area contributed by atoms with Crippen molar-refractivity contribution >= 4 is 59.2 Å². The summed E-state index contributed by atoms with van der Waals surface area (Å²) in [7, 11) is -15.6. The zero-order valence-corrected chi connectivity index (χ0v) is 33.9. The fraction of sp³-hybridized carbons (Fsp3) is 0.690. The minimum Gasteiger partial charge on any atom is -0.391 e. The predicted octanol–water partition coefficient (Wildman–Crippen LogP) is 0.350. The Bertz CT molecular complexity index is 1790. The van der Waals surface area contributed by atoms with E-state index in [-0.39, 0.29) is 55.1 Å². The lowest BCUT2D eigenvalue weighted by Gasteiger charge is -2.23. The molecule has 3 heterocycles. The second kappa shape index (κ2) is 22.5. The van der Waals surface area contributed by atoms with Crippen molar-refractivity contribution in [2.45, 2.75) is 87.3 Å². The van der Waals surface area contributed by atoms with Crippen LogP contribution in [0.4, 0.5) is 4.79 Å². The number of methoxy groups -OCH3 is 1. The van der Waals surface area contributed by atoms with E-state index in [0.717, 1.165) is 42.2 Å². The van der Waals surface area contributed by atoms with Crippen LogP contribution in [0.2, 0.25) is 0 Å². The predicted molar refractivity (Wildman–Crippen MR) is 200 cm³/mol. The highest BCUT2D eigenvalue weighted by atomic mass is 32.2. The standard InChI is InChI=1S/C29H49N6O17P3S/c1-49-16-20(14-21(36)17-50-54(45,46)52-55(47,48)51-53(42,43)44)35-15-19(27(39)34-29(35)41)8-7-13-31-24(37)10-3-2-6-12-30-25(38)11-5-4-9-23-26-22(18-56-23)32-28(40)33-26/h7-8,15,20-23,26,36H,2-6,9-14,16-18H2,1H3,(H,30,38)(H,31,37)(H,45,46)(H,47,48)(H2,32,33,40)(H,34,39,41)(H2,42,43,44)/b8-7+/t20?,21-,22?,23?,26?/m1/s1. The average Bonchev–Trinajstić information content (AvgIpc) is 3.63. The number of carbonyl (C=O) groups excluding carboxylic acids is 3. The summed E-state index contributed by atoms with van der Waals surface area (Å²) >= 11 is 1.85. The Hall–Kier alpha value is -2.69. The number of hydrogen-bond donors (Lipinski definition) is 10. The zero-order valence-electron chi connectivity index (χ0n) is 30.4. The maximum Gasteiger partial charge on any atom is 0.490 e. The number of aromatic nitrogens is 2. The van der Waals surface area contributed by atoms with Crippen LogP contribution in [0.5, 0.6) is 0 Å². The molecule has 2 fully saturated rings. The molecule has 4 amide bonds. The minimum atomic E-state index is -5.77. The highest BCUT2D eigenvalue weighted by Crippen LogP contribution is 2.66. The van der Waals surface area contributed by atoms with E-state index in [4.69, 9.17) is 14.5 Å². The van der Waals surface area contributed by atoms with E-state index >= 15 is 0 Å². The molecule has 0 spiro atoms. The van der Waals surface area contributed by atoms with Gasteiger partial charge < -0.3 is 50.7 Å². The van der Waals surface area contributed by atoms with Crippen LogP contribution in [0.1, 0.15) is 69.4 Å². The van der Waals surface area contributed by atoms with Crippen LogP contribution < -0.4 is 32.5 Å². The number of ether oxygens (including phenoxy) is 1. The third-order valence-corrected chi connectivity index (χ3v) is 13.6. The number of phosphoric ester groups is 1. The van der Waals surface area contributed by atoms with Crippen LogP contribution in [-0.2, 0) is 41.2 Å². The van der Waals surface area contributed by atoms with Gasteiger partial charge in [0.05, 0.1) is 43.0 Å². The van der Waals surface area contributed by atoms with E-state index < -0.39 is 59.9 Å². The summed E-state index contributed by atoms with van der Waals surface area (Å²) in [5.74, 6) is 0.651. The Balaban J connectivity index is 1.34. The summed E-state index contributed by atoms with van der Waals surface area (Å²) in [6.45, 7) is -0.687. The first-order chi connectivity index (χ1) is 26.3. The van der Waals surface area contributed by atoms with Gasteiger partial charge in [-0.1, -0.05) is 25.0 Å². The number of phosphoric acid groups is 3. The van der Waals surface area contributed by atoms with E-state index in [2.05, 4.69) is 39.4 Å². The van der Waals surface area contributed by atoms with E-state index in [1.54, 1.807) is 0 Å². The molecule has 0 bridgehead atoms. The lowest BCUT2D eigenvalue weighted by Crippen LogP contribution is -2.36. The topological polar surface area (TPSA) is 343 Å². The SMILES string of the molecule is COCC(C[C@@H](O)COP(=O)(O)OP(=O)(O)OP(=O)(O)O)n1cc(/C=C/CNC(=O)CCCCCNC(=O)CCCCC2SCC3NC(=O)NC32)c(=O)[nH]c1=O. The van der Waals surface area contributed by atoms with E-state index in [0.29, 0.717) is 31.1 Å². The number of unbranched alkanes of at least 4 members (excludes halogenated alkanes) is 3. The summed E-state index contributed by atoms with van der Waals surface area (Å²) in [4.78, 5) is 99.2. The molecule has 2 saturated heterocycles. The molecule has 318 valence electrons. The van der Waals surface area contributed by atoms with Crippen LogP contribution >= 0.6 is 35.2 Å². The molecule has 56 heavy (non-hydrogen) atoms. The second-order valence-electron chi connectivity index (χ2n) is 12.9. The van der Waals surface area contributed by atoms with Crippen molar-refractivity contribution in [1.29, 1.82) is 0 Å². The fourth-order valence-corrected chi connectivity index (χ4v) is 10.4. The molecule has 2 aliphatic rings. The Labute approximate surface area is 325 Å². The first-order valence-electron chi connectivity index (χ1n) is 17.5. The zero-order chi connectivity index (χ0) is 41.5. The Morgan fingerprint density at radius 2 is 1.66 bits per heavy atom. The monoisotopic (exact) mass is 878 g/mol. The summed E-state index contributed by atoms with van der Waals surface area (Å²) in [6, 6.07) is -0.767. The molecule has 7 atom stereocenters. The van der Waals surface area contributed by atoms with Crippen LogP contribution in [0, 0.1) is 0 Å². The minimum absolute atomic E-state index is 0.00711. The number of amides is 4. The number of aliphatic hydroxyl groups is 1. The number of H-pyrrole nitrogens is 1. The number of aliphatic hydroxyl groups excluding tert-OH is 1. The van der Waals surface area contributed by atoms with E-state index in [1.165, 1.54) is 19.3 Å². The molecular weight excluding hydrogens is 829 g/mol. The van der Waals surface area contributed by atoms with Crippen molar-refractivity contribution in [3.63, 3.8) is 0 Å². The number of hydrogen-bond acceptors (Lipinski definition) is 14. The molecular formula is C29H49N6O17P3S. The lowest BCUT2D eigenvalue weighted by atomic mass is 10.0. The van der Waals surface area contributed by atoms with Crippen LogP contribution in [0.3, 0.4) is 0 Å². The van der Waals surface area contributed by atoms with E-state index in [1.807, 2.05) is 11.8 Å². The van der Waals surface area contributed by atoms with Gasteiger partial charge in [0.15, 0.2) is 0 Å². The Kier molecular flexibility index (Phi) is 19.1. The maximum absolute atomic E-state index is 12.6. The number of urea groups is 1. The third kappa shape index (κ3) is 17.4. The first-order valence-corrected chi connectivity index (χ1v) is 23.0. The molecule has 6 unspecified atom stereocenters. The Morgan fingerprint density at radius 1 is 0.964 bits per heavy atom. The Morgan fingerprint density at radius 3 is 2.36 bits per heavy atom. The summed E-state index contributed by atoms with van der Waals surface area (Å²) in [6.07, 6.45) is 7.25. The summed E-state index contributed by atoms with van der Waals surface area (Å²) in [5.41, 5.74) is -1.66. The lowest BCUT2D eigenvalue weighted by molar-refractivity contribution is -0.122. The number of nitrogens with one attached hydrogen (secondary N) is 5. The molecule has 2 aliphatic heterocycles. The maximum atomic E-state index is 12.6. The second-order valence-corrected chi connectivity index (χ2v) is 18.6. The van der Waals surface area contributed by atoms with Crippen LogP contribution in [-0.4, -0.2) is 115 Å². The van der Waals surface area contributed by atoms with Gasteiger partial charge in [-0.05, 0) is 32.1 Å². The third-order valence-electron chi connectivity index (χ3n) is 8.34. The van der Waals surface area contributed by atoms with Gasteiger partial charge in [0.1, 0.15) is 0 Å². The molecule has 0 aromatic carbocycles. The summed E-state index contributed by atoms with van der Waals surface area (Å²) in [5, 5.41) is 22.2. The quantitative estimate of drug-likeness (QED) is 0.0341. The molecule has 23 nitrogen and oxygen atoms in total. The molecule has 0 saturated carbocycles. The number of nitrogens with zero attached hydrogens (tertiary/aromatic N) is 1.